The van der Waals surface area contributed by atoms with E-state index in [2.05, 4.69) is 4.98 Å². The van der Waals surface area contributed by atoms with E-state index in [0.717, 1.165) is 17.1 Å². The van der Waals surface area contributed by atoms with Crippen molar-refractivity contribution in [3.63, 3.8) is 0 Å². The molecule has 1 atom stereocenters. The van der Waals surface area contributed by atoms with Crippen LogP contribution in [-0.2, 0) is 20.9 Å². The molecule has 1 aliphatic rings. The summed E-state index contributed by atoms with van der Waals surface area (Å²) in [5.41, 5.74) is 1.34. The molecule has 0 bridgehead atoms. The molecule has 1 saturated heterocycles. The lowest BCUT2D eigenvalue weighted by atomic mass is 9.98. The van der Waals surface area contributed by atoms with Crippen molar-refractivity contribution in [2.45, 2.75) is 33.3 Å². The summed E-state index contributed by atoms with van der Waals surface area (Å²) in [5.74, 6) is -0.340. The summed E-state index contributed by atoms with van der Waals surface area (Å²) in [6.07, 6.45) is 1.46. The van der Waals surface area contributed by atoms with Crippen molar-refractivity contribution in [3.8, 4) is 5.75 Å². The van der Waals surface area contributed by atoms with Crippen LogP contribution in [0, 0.1) is 12.8 Å². The van der Waals surface area contributed by atoms with E-state index in [1.807, 2.05) is 12.3 Å². The number of ether oxygens (including phenoxy) is 2. The van der Waals surface area contributed by atoms with Gasteiger partial charge < -0.3 is 19.3 Å². The fourth-order valence-corrected chi connectivity index (χ4v) is 4.17. The zero-order valence-electron chi connectivity index (χ0n) is 18.7. The summed E-state index contributed by atoms with van der Waals surface area (Å²) in [4.78, 5) is 44.8. The third kappa shape index (κ3) is 6.29. The van der Waals surface area contributed by atoms with E-state index in [-0.39, 0.29) is 30.2 Å². The van der Waals surface area contributed by atoms with Gasteiger partial charge in [0.05, 0.1) is 29.8 Å². The molecule has 2 aromatic rings. The highest BCUT2D eigenvalue weighted by molar-refractivity contribution is 7.09. The molecule has 1 fully saturated rings. The average molecular weight is 460 g/mol. The number of nitrogens with zero attached hydrogens (tertiary/aromatic N) is 3. The Morgan fingerprint density at radius 3 is 2.66 bits per heavy atom. The van der Waals surface area contributed by atoms with Gasteiger partial charge >= 0.3 is 5.97 Å². The molecule has 0 aliphatic carbocycles. The highest BCUT2D eigenvalue weighted by atomic mass is 32.1. The quantitative estimate of drug-likeness (QED) is 0.564. The standard InChI is InChI=1S/C23H29N3O5S/c1-4-30-23(29)18-6-5-11-26(12-18)21(27)13-25(3)22(28)17-7-9-20(10-8-17)31-14-19-15-32-16(2)24-19/h7-10,15,18H,4-6,11-14H2,1-3H3. The number of carbonyl (C=O) groups is 3. The third-order valence-corrected chi connectivity index (χ3v) is 6.09. The molecule has 8 nitrogen and oxygen atoms in total. The number of carbonyl (C=O) groups excluding carboxylic acids is 3. The largest absolute Gasteiger partial charge is 0.487 e. The molecule has 172 valence electrons. The van der Waals surface area contributed by atoms with Crippen molar-refractivity contribution < 1.29 is 23.9 Å². The molecule has 0 radical (unpaired) electrons. The van der Waals surface area contributed by atoms with Crippen molar-refractivity contribution in [2.75, 3.05) is 33.3 Å². The first-order valence-electron chi connectivity index (χ1n) is 10.7. The Morgan fingerprint density at radius 2 is 2.00 bits per heavy atom. The van der Waals surface area contributed by atoms with E-state index in [1.165, 1.54) is 4.90 Å². The summed E-state index contributed by atoms with van der Waals surface area (Å²) < 4.78 is 10.8. The fourth-order valence-electron chi connectivity index (χ4n) is 3.58. The second-order valence-electron chi connectivity index (χ2n) is 7.76. The molecule has 9 heteroatoms. The molecule has 1 aliphatic heterocycles. The van der Waals surface area contributed by atoms with Gasteiger partial charge in [0.1, 0.15) is 12.4 Å². The lowest BCUT2D eigenvalue weighted by molar-refractivity contribution is -0.151. The Balaban J connectivity index is 1.51. The number of benzene rings is 1. The van der Waals surface area contributed by atoms with Crippen LogP contribution in [0.4, 0.5) is 0 Å². The maximum absolute atomic E-state index is 12.7. The predicted octanol–water partition coefficient (Wildman–Crippen LogP) is 2.90. The van der Waals surface area contributed by atoms with Crippen molar-refractivity contribution in [2.24, 2.45) is 5.92 Å². The van der Waals surface area contributed by atoms with Crippen LogP contribution in [-0.4, -0.2) is 65.9 Å². The first-order valence-corrected chi connectivity index (χ1v) is 11.6. The number of piperidine rings is 1. The number of amides is 2. The van der Waals surface area contributed by atoms with Crippen LogP contribution in [0.2, 0.25) is 0 Å². The molecule has 0 N–H and O–H groups in total. The summed E-state index contributed by atoms with van der Waals surface area (Å²) in [7, 11) is 1.60. The third-order valence-electron chi connectivity index (χ3n) is 5.27. The number of hydrogen-bond acceptors (Lipinski definition) is 7. The minimum absolute atomic E-state index is 0.0458. The normalized spacial score (nSPS) is 15.8. The highest BCUT2D eigenvalue weighted by Crippen LogP contribution is 2.19. The SMILES string of the molecule is CCOC(=O)C1CCCN(C(=O)CN(C)C(=O)c2ccc(OCc3csc(C)n3)cc2)C1. The number of aryl methyl sites for hydroxylation is 1. The summed E-state index contributed by atoms with van der Waals surface area (Å²) >= 11 is 1.57. The molecule has 2 amide bonds. The van der Waals surface area contributed by atoms with Crippen molar-refractivity contribution >= 4 is 29.1 Å². The van der Waals surface area contributed by atoms with Crippen LogP contribution in [0.15, 0.2) is 29.6 Å². The lowest BCUT2D eigenvalue weighted by Gasteiger charge is -2.32. The van der Waals surface area contributed by atoms with Gasteiger partial charge in [-0.1, -0.05) is 0 Å². The highest BCUT2D eigenvalue weighted by Gasteiger charge is 2.30. The first-order chi connectivity index (χ1) is 15.4. The van der Waals surface area contributed by atoms with Gasteiger partial charge in [0.25, 0.3) is 5.91 Å². The number of hydrogen-bond donors (Lipinski definition) is 0. The maximum Gasteiger partial charge on any atom is 0.310 e. The van der Waals surface area contributed by atoms with Crippen molar-refractivity contribution in [1.82, 2.24) is 14.8 Å². The Hall–Kier alpha value is -2.94. The Labute approximate surface area is 192 Å². The van der Waals surface area contributed by atoms with E-state index in [4.69, 9.17) is 9.47 Å². The second kappa shape index (κ2) is 11.1. The summed E-state index contributed by atoms with van der Waals surface area (Å²) in [5, 5.41) is 2.94. The minimum Gasteiger partial charge on any atom is -0.487 e. The number of esters is 1. The van der Waals surface area contributed by atoms with Crippen LogP contribution in [0.5, 0.6) is 5.75 Å². The molecular formula is C23H29N3O5S. The van der Waals surface area contributed by atoms with Crippen LogP contribution in [0.3, 0.4) is 0 Å². The number of aromatic nitrogens is 1. The van der Waals surface area contributed by atoms with Gasteiger partial charge in [-0.15, -0.1) is 11.3 Å². The Bertz CT molecular complexity index is 943. The van der Waals surface area contributed by atoms with Crippen molar-refractivity contribution in [1.29, 1.82) is 0 Å². The van der Waals surface area contributed by atoms with Gasteiger partial charge in [0.15, 0.2) is 0 Å². The van der Waals surface area contributed by atoms with Crippen LogP contribution in [0.25, 0.3) is 0 Å². The molecule has 3 rings (SSSR count). The van der Waals surface area contributed by atoms with Gasteiger partial charge in [-0.2, -0.15) is 0 Å². The van der Waals surface area contributed by atoms with E-state index in [1.54, 1.807) is 54.5 Å². The monoisotopic (exact) mass is 459 g/mol. The summed E-state index contributed by atoms with van der Waals surface area (Å²) in [6, 6.07) is 6.83. The molecule has 2 heterocycles. The Kier molecular flexibility index (Phi) is 8.21. The first kappa shape index (κ1) is 23.7. The van der Waals surface area contributed by atoms with Gasteiger partial charge in [-0.25, -0.2) is 4.98 Å². The molecule has 1 unspecified atom stereocenters. The van der Waals surface area contributed by atoms with E-state index >= 15 is 0 Å². The maximum atomic E-state index is 12.7. The van der Waals surface area contributed by atoms with Gasteiger partial charge in [0.2, 0.25) is 5.91 Å². The number of likely N-dealkylation sites (tertiary alicyclic amines) is 1. The molecule has 1 aromatic carbocycles. The van der Waals surface area contributed by atoms with Crippen LogP contribution < -0.4 is 4.74 Å². The molecule has 32 heavy (non-hydrogen) atoms. The molecule has 0 spiro atoms. The van der Waals surface area contributed by atoms with Crippen molar-refractivity contribution in [3.05, 3.63) is 45.9 Å². The van der Waals surface area contributed by atoms with E-state index in [0.29, 0.717) is 44.0 Å². The summed E-state index contributed by atoms with van der Waals surface area (Å²) in [6.45, 7) is 5.29. The van der Waals surface area contributed by atoms with E-state index in [9.17, 15) is 14.4 Å². The minimum atomic E-state index is -0.297. The fraction of sp³-hybridized carbons (Fsp3) is 0.478. The smallest absolute Gasteiger partial charge is 0.310 e. The average Bonchev–Trinajstić information content (AvgIpc) is 3.22. The zero-order valence-corrected chi connectivity index (χ0v) is 19.5. The molecule has 1 aromatic heterocycles. The van der Waals surface area contributed by atoms with Gasteiger partial charge in [-0.05, 0) is 51.0 Å². The lowest BCUT2D eigenvalue weighted by Crippen LogP contribution is -2.47. The van der Waals surface area contributed by atoms with Crippen LogP contribution >= 0.6 is 11.3 Å². The predicted molar refractivity (Wildman–Crippen MR) is 121 cm³/mol. The zero-order chi connectivity index (χ0) is 23.1. The number of likely N-dealkylation sites (N-methyl/N-ethyl adjacent to an activating group) is 1. The number of thiazole rings is 1. The van der Waals surface area contributed by atoms with Gasteiger partial charge in [-0.3, -0.25) is 14.4 Å². The molecule has 0 saturated carbocycles. The van der Waals surface area contributed by atoms with E-state index < -0.39 is 0 Å². The number of rotatable bonds is 8. The van der Waals surface area contributed by atoms with Gasteiger partial charge in [0, 0.05) is 31.1 Å². The Morgan fingerprint density at radius 1 is 1.25 bits per heavy atom. The molecular weight excluding hydrogens is 430 g/mol. The topological polar surface area (TPSA) is 89.0 Å². The second-order valence-corrected chi connectivity index (χ2v) is 8.83. The van der Waals surface area contributed by atoms with Crippen LogP contribution in [0.1, 0.15) is 40.8 Å².